The standard InChI is InChI=1S/C15H20N2/c1-9-5-10(2)15-12-7-11(16-3)8-13(12)17(4)14(15)6-9/h5-6,11,16H,7-8H2,1-4H3. The van der Waals surface area contributed by atoms with Gasteiger partial charge in [-0.25, -0.2) is 0 Å². The second-order valence-electron chi connectivity index (χ2n) is 5.35. The molecule has 1 heterocycles. The van der Waals surface area contributed by atoms with Crippen molar-refractivity contribution in [3.63, 3.8) is 0 Å². The quantitative estimate of drug-likeness (QED) is 0.793. The lowest BCUT2D eigenvalue weighted by molar-refractivity contribution is 0.585. The molecule has 0 saturated heterocycles. The number of nitrogens with zero attached hydrogens (tertiary/aromatic N) is 1. The van der Waals surface area contributed by atoms with Gasteiger partial charge in [0.2, 0.25) is 0 Å². The fourth-order valence-electron chi connectivity index (χ4n) is 3.33. The maximum Gasteiger partial charge on any atom is 0.0488 e. The minimum absolute atomic E-state index is 0.622. The molecule has 0 radical (unpaired) electrons. The number of fused-ring (bicyclic) bond motifs is 3. The first kappa shape index (κ1) is 10.8. The first-order valence-corrected chi connectivity index (χ1v) is 6.36. The summed E-state index contributed by atoms with van der Waals surface area (Å²) in [7, 11) is 4.27. The third-order valence-corrected chi connectivity index (χ3v) is 4.17. The van der Waals surface area contributed by atoms with Crippen molar-refractivity contribution in [1.82, 2.24) is 9.88 Å². The van der Waals surface area contributed by atoms with Crippen molar-refractivity contribution >= 4 is 10.9 Å². The molecule has 3 rings (SSSR count). The van der Waals surface area contributed by atoms with Gasteiger partial charge in [-0.3, -0.25) is 0 Å². The Morgan fingerprint density at radius 3 is 2.71 bits per heavy atom. The number of benzene rings is 1. The highest BCUT2D eigenvalue weighted by Crippen LogP contribution is 2.34. The Morgan fingerprint density at radius 1 is 1.24 bits per heavy atom. The summed E-state index contributed by atoms with van der Waals surface area (Å²) in [5, 5.41) is 4.90. The molecule has 90 valence electrons. The predicted octanol–water partition coefficient (Wildman–Crippen LogP) is 2.48. The van der Waals surface area contributed by atoms with E-state index in [2.05, 4.69) is 50.0 Å². The average Bonchev–Trinajstić information content (AvgIpc) is 2.79. The highest BCUT2D eigenvalue weighted by Gasteiger charge is 2.27. The van der Waals surface area contributed by atoms with Gasteiger partial charge < -0.3 is 9.88 Å². The van der Waals surface area contributed by atoms with Crippen molar-refractivity contribution in [2.45, 2.75) is 32.7 Å². The van der Waals surface area contributed by atoms with Crippen LogP contribution in [0, 0.1) is 13.8 Å². The van der Waals surface area contributed by atoms with Crippen LogP contribution in [0.2, 0.25) is 0 Å². The van der Waals surface area contributed by atoms with Crippen LogP contribution in [0.15, 0.2) is 12.1 Å². The Hall–Kier alpha value is -1.28. The lowest BCUT2D eigenvalue weighted by Crippen LogP contribution is -2.25. The van der Waals surface area contributed by atoms with Crippen LogP contribution in [0.3, 0.4) is 0 Å². The summed E-state index contributed by atoms with van der Waals surface area (Å²) in [4.78, 5) is 0. The molecule has 2 aromatic rings. The van der Waals surface area contributed by atoms with Crippen LogP contribution in [-0.2, 0) is 19.9 Å². The summed E-state index contributed by atoms with van der Waals surface area (Å²) in [5.41, 5.74) is 7.28. The summed E-state index contributed by atoms with van der Waals surface area (Å²) >= 11 is 0. The van der Waals surface area contributed by atoms with E-state index in [4.69, 9.17) is 0 Å². The van der Waals surface area contributed by atoms with Crippen molar-refractivity contribution in [3.8, 4) is 0 Å². The minimum atomic E-state index is 0.622. The van der Waals surface area contributed by atoms with Gasteiger partial charge >= 0.3 is 0 Å². The minimum Gasteiger partial charge on any atom is -0.347 e. The van der Waals surface area contributed by atoms with Gasteiger partial charge in [-0.2, -0.15) is 0 Å². The van der Waals surface area contributed by atoms with Crippen molar-refractivity contribution < 1.29 is 0 Å². The third kappa shape index (κ3) is 1.44. The summed E-state index contributed by atoms with van der Waals surface area (Å²) in [6.45, 7) is 4.42. The molecule has 1 aliphatic rings. The molecule has 1 aromatic carbocycles. The fourth-order valence-corrected chi connectivity index (χ4v) is 3.33. The molecule has 0 fully saturated rings. The highest BCUT2D eigenvalue weighted by atomic mass is 15.0. The van der Waals surface area contributed by atoms with Gasteiger partial charge in [0.05, 0.1) is 0 Å². The van der Waals surface area contributed by atoms with E-state index in [1.807, 2.05) is 0 Å². The number of hydrogen-bond acceptors (Lipinski definition) is 1. The maximum atomic E-state index is 3.41. The Kier molecular flexibility index (Phi) is 2.30. The van der Waals surface area contributed by atoms with E-state index in [9.17, 15) is 0 Å². The molecule has 1 N–H and O–H groups in total. The SMILES string of the molecule is CNC1Cc2c(n(C)c3cc(C)cc(C)c23)C1. The maximum absolute atomic E-state index is 3.41. The number of hydrogen-bond donors (Lipinski definition) is 1. The second kappa shape index (κ2) is 3.61. The number of nitrogens with one attached hydrogen (secondary N) is 1. The van der Waals surface area contributed by atoms with Gasteiger partial charge in [0.15, 0.2) is 0 Å². The van der Waals surface area contributed by atoms with Crippen molar-refractivity contribution in [1.29, 1.82) is 0 Å². The Labute approximate surface area is 103 Å². The first-order valence-electron chi connectivity index (χ1n) is 6.36. The molecule has 0 aliphatic heterocycles. The van der Waals surface area contributed by atoms with Crippen LogP contribution in [0.1, 0.15) is 22.4 Å². The highest BCUT2D eigenvalue weighted by molar-refractivity contribution is 5.90. The Balaban J connectivity index is 2.30. The Bertz CT molecular complexity index is 593. The third-order valence-electron chi connectivity index (χ3n) is 4.17. The zero-order chi connectivity index (χ0) is 12.2. The van der Waals surface area contributed by atoms with Crippen molar-refractivity contribution in [3.05, 3.63) is 34.5 Å². The van der Waals surface area contributed by atoms with Crippen LogP contribution < -0.4 is 5.32 Å². The summed E-state index contributed by atoms with van der Waals surface area (Å²) in [6.07, 6.45) is 2.34. The molecular formula is C15H20N2. The molecule has 0 amide bonds. The molecule has 1 unspecified atom stereocenters. The van der Waals surface area contributed by atoms with E-state index >= 15 is 0 Å². The van der Waals surface area contributed by atoms with Gasteiger partial charge in [0.1, 0.15) is 0 Å². The fraction of sp³-hybridized carbons (Fsp3) is 0.467. The largest absolute Gasteiger partial charge is 0.347 e. The number of aromatic nitrogens is 1. The van der Waals surface area contributed by atoms with Gasteiger partial charge in [-0.15, -0.1) is 0 Å². The normalized spacial score (nSPS) is 18.9. The lowest BCUT2D eigenvalue weighted by Gasteiger charge is -2.10. The van der Waals surface area contributed by atoms with Crippen LogP contribution in [0.4, 0.5) is 0 Å². The zero-order valence-electron chi connectivity index (χ0n) is 11.1. The number of likely N-dealkylation sites (N-methyl/N-ethyl adjacent to an activating group) is 1. The van der Waals surface area contributed by atoms with Gasteiger partial charge in [-0.05, 0) is 50.1 Å². The van der Waals surface area contributed by atoms with E-state index in [-0.39, 0.29) is 0 Å². The molecule has 2 heteroatoms. The molecule has 0 bridgehead atoms. The van der Waals surface area contributed by atoms with E-state index in [0.717, 1.165) is 6.42 Å². The first-order chi connectivity index (χ1) is 8.11. The lowest BCUT2D eigenvalue weighted by atomic mass is 10.0. The predicted molar refractivity (Wildman–Crippen MR) is 72.6 cm³/mol. The average molecular weight is 228 g/mol. The second-order valence-corrected chi connectivity index (χ2v) is 5.35. The van der Waals surface area contributed by atoms with Crippen LogP contribution in [0.5, 0.6) is 0 Å². The Morgan fingerprint density at radius 2 is 2.00 bits per heavy atom. The van der Waals surface area contributed by atoms with E-state index in [1.54, 1.807) is 5.56 Å². The molecule has 1 aromatic heterocycles. The van der Waals surface area contributed by atoms with Gasteiger partial charge in [0.25, 0.3) is 0 Å². The smallest absolute Gasteiger partial charge is 0.0488 e. The molecule has 1 atom stereocenters. The van der Waals surface area contributed by atoms with Crippen LogP contribution in [0.25, 0.3) is 10.9 Å². The zero-order valence-corrected chi connectivity index (χ0v) is 11.1. The van der Waals surface area contributed by atoms with E-state index < -0.39 is 0 Å². The summed E-state index contributed by atoms with van der Waals surface area (Å²) in [6, 6.07) is 5.24. The van der Waals surface area contributed by atoms with E-state index in [1.165, 1.54) is 34.1 Å². The van der Waals surface area contributed by atoms with Gasteiger partial charge in [-0.1, -0.05) is 6.07 Å². The number of rotatable bonds is 1. The van der Waals surface area contributed by atoms with Gasteiger partial charge in [0, 0.05) is 36.1 Å². The number of aryl methyl sites for hydroxylation is 3. The topological polar surface area (TPSA) is 17.0 Å². The van der Waals surface area contributed by atoms with Crippen LogP contribution in [-0.4, -0.2) is 17.7 Å². The van der Waals surface area contributed by atoms with Crippen LogP contribution >= 0.6 is 0 Å². The van der Waals surface area contributed by atoms with Crippen molar-refractivity contribution in [2.75, 3.05) is 7.05 Å². The molecular weight excluding hydrogens is 208 g/mol. The van der Waals surface area contributed by atoms with E-state index in [0.29, 0.717) is 6.04 Å². The molecule has 17 heavy (non-hydrogen) atoms. The summed E-state index contributed by atoms with van der Waals surface area (Å²) in [5.74, 6) is 0. The van der Waals surface area contributed by atoms with Crippen molar-refractivity contribution in [2.24, 2.45) is 7.05 Å². The summed E-state index contributed by atoms with van der Waals surface area (Å²) < 4.78 is 2.39. The monoisotopic (exact) mass is 228 g/mol. The molecule has 0 spiro atoms. The molecule has 1 aliphatic carbocycles. The molecule has 0 saturated carbocycles. The molecule has 2 nitrogen and oxygen atoms in total.